The van der Waals surface area contributed by atoms with Crippen molar-refractivity contribution in [2.45, 2.75) is 32.7 Å². The van der Waals surface area contributed by atoms with Gasteiger partial charge in [-0.25, -0.2) is 0 Å². The van der Waals surface area contributed by atoms with Gasteiger partial charge >= 0.3 is 0 Å². The minimum Gasteiger partial charge on any atom is -0.465 e. The van der Waals surface area contributed by atoms with Crippen LogP contribution in [-0.4, -0.2) is 6.54 Å². The fourth-order valence-corrected chi connectivity index (χ4v) is 2.56. The largest absolute Gasteiger partial charge is 0.465 e. The average Bonchev–Trinajstić information content (AvgIpc) is 2.95. The van der Waals surface area contributed by atoms with Gasteiger partial charge in [0.1, 0.15) is 11.5 Å². The molecule has 0 saturated carbocycles. The summed E-state index contributed by atoms with van der Waals surface area (Å²) in [5.74, 6) is 2.02. The Balaban J connectivity index is 2.07. The van der Waals surface area contributed by atoms with Crippen molar-refractivity contribution in [2.24, 2.45) is 0 Å². The zero-order valence-corrected chi connectivity index (χ0v) is 11.2. The molecule has 2 aromatic heterocycles. The standard InChI is InChI=1S/C14H19NOS/c1-3-7-15-13(9-12-6-8-17-10-12)14-5-4-11(2)16-14/h4-6,8,10,13,15H,3,7,9H2,1-2H3. The molecule has 0 spiro atoms. The minimum atomic E-state index is 0.290. The molecule has 2 aromatic rings. The summed E-state index contributed by atoms with van der Waals surface area (Å²) in [6, 6.07) is 6.58. The number of hydrogen-bond donors (Lipinski definition) is 1. The number of nitrogens with one attached hydrogen (secondary N) is 1. The molecule has 0 aliphatic rings. The van der Waals surface area contributed by atoms with Crippen LogP contribution >= 0.6 is 11.3 Å². The Hall–Kier alpha value is -1.06. The lowest BCUT2D eigenvalue weighted by atomic mass is 10.1. The molecular formula is C14H19NOS. The van der Waals surface area contributed by atoms with E-state index in [-0.39, 0.29) is 0 Å². The van der Waals surface area contributed by atoms with E-state index < -0.39 is 0 Å². The molecule has 0 bridgehead atoms. The lowest BCUT2D eigenvalue weighted by molar-refractivity contribution is 0.398. The van der Waals surface area contributed by atoms with Crippen LogP contribution < -0.4 is 5.32 Å². The van der Waals surface area contributed by atoms with Gasteiger partial charge in [-0.3, -0.25) is 0 Å². The van der Waals surface area contributed by atoms with Crippen molar-refractivity contribution >= 4 is 11.3 Å². The first-order valence-corrected chi connectivity index (χ1v) is 7.04. The molecule has 3 heteroatoms. The minimum absolute atomic E-state index is 0.290. The molecule has 1 unspecified atom stereocenters. The van der Waals surface area contributed by atoms with Crippen molar-refractivity contribution in [3.63, 3.8) is 0 Å². The summed E-state index contributed by atoms with van der Waals surface area (Å²) in [4.78, 5) is 0. The zero-order chi connectivity index (χ0) is 12.1. The second kappa shape index (κ2) is 6.03. The van der Waals surface area contributed by atoms with Crippen LogP contribution in [0.3, 0.4) is 0 Å². The molecule has 2 rings (SSSR count). The lowest BCUT2D eigenvalue weighted by Crippen LogP contribution is -2.23. The predicted molar refractivity (Wildman–Crippen MR) is 72.5 cm³/mol. The van der Waals surface area contributed by atoms with E-state index in [1.165, 1.54) is 5.56 Å². The summed E-state index contributed by atoms with van der Waals surface area (Å²) in [6.45, 7) is 5.20. The molecule has 0 amide bonds. The third-order valence-corrected chi connectivity index (χ3v) is 3.50. The summed E-state index contributed by atoms with van der Waals surface area (Å²) in [7, 11) is 0. The first-order chi connectivity index (χ1) is 8.29. The second-order valence-corrected chi connectivity index (χ2v) is 5.07. The van der Waals surface area contributed by atoms with Gasteiger partial charge in [0, 0.05) is 0 Å². The van der Waals surface area contributed by atoms with Gasteiger partial charge in [-0.15, -0.1) is 0 Å². The summed E-state index contributed by atoms with van der Waals surface area (Å²) in [5, 5.41) is 7.88. The first kappa shape index (κ1) is 12.4. The van der Waals surface area contributed by atoms with Crippen molar-refractivity contribution in [2.75, 3.05) is 6.54 Å². The summed E-state index contributed by atoms with van der Waals surface area (Å²) >= 11 is 1.75. The molecule has 1 atom stereocenters. The number of hydrogen-bond acceptors (Lipinski definition) is 3. The van der Waals surface area contributed by atoms with Crippen molar-refractivity contribution < 1.29 is 4.42 Å². The molecule has 92 valence electrons. The Morgan fingerprint density at radius 2 is 2.24 bits per heavy atom. The van der Waals surface area contributed by atoms with Crippen LogP contribution in [0.2, 0.25) is 0 Å². The van der Waals surface area contributed by atoms with Gasteiger partial charge in [-0.1, -0.05) is 6.92 Å². The van der Waals surface area contributed by atoms with Gasteiger partial charge in [0.25, 0.3) is 0 Å². The Morgan fingerprint density at radius 1 is 1.35 bits per heavy atom. The molecule has 0 aliphatic heterocycles. The monoisotopic (exact) mass is 249 g/mol. The highest BCUT2D eigenvalue weighted by Gasteiger charge is 2.15. The maximum Gasteiger partial charge on any atom is 0.121 e. The zero-order valence-electron chi connectivity index (χ0n) is 10.4. The molecule has 2 heterocycles. The Morgan fingerprint density at radius 3 is 2.82 bits per heavy atom. The van der Waals surface area contributed by atoms with Crippen LogP contribution in [0.15, 0.2) is 33.4 Å². The van der Waals surface area contributed by atoms with E-state index in [2.05, 4.69) is 35.1 Å². The summed E-state index contributed by atoms with van der Waals surface area (Å²) in [5.41, 5.74) is 1.37. The van der Waals surface area contributed by atoms with Crippen LogP contribution in [0.25, 0.3) is 0 Å². The number of furan rings is 1. The number of thiophene rings is 1. The van der Waals surface area contributed by atoms with Gasteiger partial charge < -0.3 is 9.73 Å². The molecule has 0 fully saturated rings. The van der Waals surface area contributed by atoms with Crippen LogP contribution in [0.5, 0.6) is 0 Å². The molecule has 1 N–H and O–H groups in total. The van der Waals surface area contributed by atoms with E-state index in [0.29, 0.717) is 6.04 Å². The van der Waals surface area contributed by atoms with Crippen molar-refractivity contribution in [1.29, 1.82) is 0 Å². The number of aryl methyl sites for hydroxylation is 1. The second-order valence-electron chi connectivity index (χ2n) is 4.29. The smallest absolute Gasteiger partial charge is 0.121 e. The third kappa shape index (κ3) is 3.45. The maximum atomic E-state index is 5.73. The lowest BCUT2D eigenvalue weighted by Gasteiger charge is -2.15. The van der Waals surface area contributed by atoms with Crippen LogP contribution in [-0.2, 0) is 6.42 Å². The Labute approximate surface area is 107 Å². The van der Waals surface area contributed by atoms with Gasteiger partial charge in [0.05, 0.1) is 6.04 Å². The molecule has 0 aliphatic carbocycles. The van der Waals surface area contributed by atoms with Gasteiger partial charge in [-0.2, -0.15) is 11.3 Å². The fraction of sp³-hybridized carbons (Fsp3) is 0.429. The maximum absolute atomic E-state index is 5.73. The fourth-order valence-electron chi connectivity index (χ4n) is 1.88. The average molecular weight is 249 g/mol. The highest BCUT2D eigenvalue weighted by atomic mass is 32.1. The van der Waals surface area contributed by atoms with E-state index in [1.807, 2.05) is 13.0 Å². The molecule has 0 aromatic carbocycles. The van der Waals surface area contributed by atoms with Crippen molar-refractivity contribution in [3.8, 4) is 0 Å². The Bertz CT molecular complexity index is 433. The number of rotatable bonds is 6. The predicted octanol–water partition coefficient (Wildman–Crippen LogP) is 3.93. The topological polar surface area (TPSA) is 25.2 Å². The van der Waals surface area contributed by atoms with Gasteiger partial charge in [-0.05, 0) is 60.8 Å². The van der Waals surface area contributed by atoms with Crippen molar-refractivity contribution in [3.05, 3.63) is 46.0 Å². The summed E-state index contributed by atoms with van der Waals surface area (Å²) in [6.07, 6.45) is 2.14. The summed E-state index contributed by atoms with van der Waals surface area (Å²) < 4.78 is 5.73. The van der Waals surface area contributed by atoms with Gasteiger partial charge in [0.15, 0.2) is 0 Å². The SMILES string of the molecule is CCCNC(Cc1ccsc1)c1ccc(C)o1. The third-order valence-electron chi connectivity index (χ3n) is 2.77. The van der Waals surface area contributed by atoms with Gasteiger partial charge in [0.2, 0.25) is 0 Å². The molecule has 0 radical (unpaired) electrons. The van der Waals surface area contributed by atoms with Crippen LogP contribution in [0.1, 0.15) is 36.5 Å². The van der Waals surface area contributed by atoms with E-state index >= 15 is 0 Å². The van der Waals surface area contributed by atoms with Crippen molar-refractivity contribution in [1.82, 2.24) is 5.32 Å². The molecule has 2 nitrogen and oxygen atoms in total. The highest BCUT2D eigenvalue weighted by Crippen LogP contribution is 2.21. The van der Waals surface area contributed by atoms with E-state index in [4.69, 9.17) is 4.42 Å². The van der Waals surface area contributed by atoms with Crippen LogP contribution in [0, 0.1) is 6.92 Å². The van der Waals surface area contributed by atoms with E-state index in [1.54, 1.807) is 11.3 Å². The molecule has 0 saturated heterocycles. The Kier molecular flexibility index (Phi) is 4.40. The van der Waals surface area contributed by atoms with E-state index in [0.717, 1.165) is 30.9 Å². The van der Waals surface area contributed by atoms with Crippen LogP contribution in [0.4, 0.5) is 0 Å². The van der Waals surface area contributed by atoms with E-state index in [9.17, 15) is 0 Å². The highest BCUT2D eigenvalue weighted by molar-refractivity contribution is 7.07. The molecule has 17 heavy (non-hydrogen) atoms. The normalized spacial score (nSPS) is 12.8. The quantitative estimate of drug-likeness (QED) is 0.839. The molecular weight excluding hydrogens is 230 g/mol. The first-order valence-electron chi connectivity index (χ1n) is 6.10.